The number of nitrogens with zero attached hydrogens (tertiary/aromatic N) is 1. The molecule has 0 aliphatic rings. The first-order valence-electron chi connectivity index (χ1n) is 7.66. The van der Waals surface area contributed by atoms with Crippen LogP contribution in [0.5, 0.6) is 0 Å². The Bertz CT molecular complexity index is 512. The van der Waals surface area contributed by atoms with Gasteiger partial charge in [0.2, 0.25) is 0 Å². The number of thiocarbonyl (C=S) groups is 1. The molecule has 0 aromatic heterocycles. The minimum atomic E-state index is -2.63. The molecule has 0 aliphatic heterocycles. The third-order valence-electron chi connectivity index (χ3n) is 3.68. The lowest BCUT2D eigenvalue weighted by atomic mass is 10.0. The molecule has 0 heterocycles. The van der Waals surface area contributed by atoms with Crippen molar-refractivity contribution in [1.82, 2.24) is 4.90 Å². The van der Waals surface area contributed by atoms with Crippen LogP contribution in [0.2, 0.25) is 0 Å². The fourth-order valence-corrected chi connectivity index (χ4v) is 2.11. The van der Waals surface area contributed by atoms with E-state index in [4.69, 9.17) is 15.9 Å². The number of nitrogens with two attached hydrogens (primary N) is 1. The molecule has 164 valence electrons. The predicted octanol–water partition coefficient (Wildman–Crippen LogP) is -7.54. The molecule has 8 atom stereocenters. The van der Waals surface area contributed by atoms with Crippen LogP contribution in [0.15, 0.2) is 0 Å². The number of aliphatic hydroxyl groups is 10. The van der Waals surface area contributed by atoms with Gasteiger partial charge in [-0.15, -0.1) is 0 Å². The number of hydrogen-bond acceptors (Lipinski definition) is 13. The normalized spacial score (nSPS) is 20.2. The Hall–Kier alpha value is -1.37. The molecule has 0 fully saturated rings. The standard InChI is InChI=1S/C13H24N2O12S/c14-13(28)15(11(26)9(24)7(22)5(20)3(18)1-16)12(27)10(25)8(23)6(21)4(19)2-17/h3-10,16-25H,1-2H2,(H2,14,28)/t3-,4-,5-,6-,7+,8+,9-,10-/m1/s1. The molecule has 0 saturated carbocycles. The monoisotopic (exact) mass is 432 g/mol. The fraction of sp³-hybridized carbons (Fsp3) is 0.769. The molecule has 0 spiro atoms. The molecule has 14 nitrogen and oxygen atoms in total. The number of imide groups is 1. The highest BCUT2D eigenvalue weighted by molar-refractivity contribution is 7.80. The van der Waals surface area contributed by atoms with Crippen molar-refractivity contribution >= 4 is 29.1 Å². The summed E-state index contributed by atoms with van der Waals surface area (Å²) in [6.07, 6.45) is -18.5. The van der Waals surface area contributed by atoms with Gasteiger partial charge in [-0.05, 0) is 12.2 Å². The van der Waals surface area contributed by atoms with E-state index >= 15 is 0 Å². The van der Waals surface area contributed by atoms with Crippen molar-refractivity contribution in [3.8, 4) is 0 Å². The highest BCUT2D eigenvalue weighted by atomic mass is 32.1. The van der Waals surface area contributed by atoms with Crippen LogP contribution in [-0.4, -0.2) is 135 Å². The van der Waals surface area contributed by atoms with E-state index in [2.05, 4.69) is 12.2 Å². The third kappa shape index (κ3) is 6.33. The molecule has 12 N–H and O–H groups in total. The molecule has 15 heteroatoms. The second-order valence-electron chi connectivity index (χ2n) is 5.70. The number of hydrogen-bond donors (Lipinski definition) is 11. The maximum Gasteiger partial charge on any atom is 0.267 e. The molecule has 0 aromatic rings. The Kier molecular flexibility index (Phi) is 11.0. The number of carbonyl (C=O) groups excluding carboxylic acids is 2. The Balaban J connectivity index is 5.51. The van der Waals surface area contributed by atoms with Crippen LogP contribution < -0.4 is 5.73 Å². The number of carbonyl (C=O) groups is 2. The van der Waals surface area contributed by atoms with Gasteiger partial charge in [-0.1, -0.05) is 0 Å². The highest BCUT2D eigenvalue weighted by Crippen LogP contribution is 2.12. The lowest BCUT2D eigenvalue weighted by molar-refractivity contribution is -0.167. The van der Waals surface area contributed by atoms with Crippen molar-refractivity contribution in [3.05, 3.63) is 0 Å². The molecule has 0 bridgehead atoms. The van der Waals surface area contributed by atoms with E-state index < -0.39 is 79.0 Å². The topological polar surface area (TPSA) is 266 Å². The maximum absolute atomic E-state index is 12.2. The average Bonchev–Trinajstić information content (AvgIpc) is 2.68. The lowest BCUT2D eigenvalue weighted by Crippen LogP contribution is -2.60. The van der Waals surface area contributed by atoms with E-state index in [1.165, 1.54) is 0 Å². The minimum Gasteiger partial charge on any atom is -0.394 e. The summed E-state index contributed by atoms with van der Waals surface area (Å²) >= 11 is 4.43. The third-order valence-corrected chi connectivity index (χ3v) is 3.86. The van der Waals surface area contributed by atoms with Gasteiger partial charge < -0.3 is 56.8 Å². The molecule has 0 radical (unpaired) electrons. The van der Waals surface area contributed by atoms with E-state index in [0.29, 0.717) is 0 Å². The largest absolute Gasteiger partial charge is 0.394 e. The van der Waals surface area contributed by atoms with Crippen LogP contribution in [0.1, 0.15) is 0 Å². The second-order valence-corrected chi connectivity index (χ2v) is 6.12. The first-order valence-corrected chi connectivity index (χ1v) is 8.07. The number of rotatable bonds is 10. The van der Waals surface area contributed by atoms with Crippen LogP contribution in [-0.2, 0) is 9.59 Å². The van der Waals surface area contributed by atoms with E-state index in [1.54, 1.807) is 0 Å². The molecule has 0 rings (SSSR count). The molecule has 28 heavy (non-hydrogen) atoms. The summed E-state index contributed by atoms with van der Waals surface area (Å²) in [7, 11) is 0. The maximum atomic E-state index is 12.2. The summed E-state index contributed by atoms with van der Waals surface area (Å²) in [5.74, 6) is -3.56. The van der Waals surface area contributed by atoms with Crippen molar-refractivity contribution in [2.24, 2.45) is 5.73 Å². The van der Waals surface area contributed by atoms with Crippen LogP contribution in [0.3, 0.4) is 0 Å². The SMILES string of the molecule is NC(=S)N(C(=O)[C@H](O)[C@@H](O)[C@H](O)[C@H](O)CO)C(=O)[C@H](O)[C@@H](O)[C@H](O)[C@H](O)CO. The van der Waals surface area contributed by atoms with Crippen molar-refractivity contribution in [1.29, 1.82) is 0 Å². The smallest absolute Gasteiger partial charge is 0.267 e. The molecule has 0 aliphatic carbocycles. The first kappa shape index (κ1) is 26.6. The second kappa shape index (κ2) is 11.6. The van der Waals surface area contributed by atoms with Crippen molar-refractivity contribution in [2.75, 3.05) is 13.2 Å². The molecular formula is C13H24N2O12S. The summed E-state index contributed by atoms with van der Waals surface area (Å²) in [6, 6.07) is 0. The van der Waals surface area contributed by atoms with Gasteiger partial charge in [0.05, 0.1) is 13.2 Å². The van der Waals surface area contributed by atoms with Gasteiger partial charge in [-0.2, -0.15) is 0 Å². The fourth-order valence-electron chi connectivity index (χ4n) is 1.93. The van der Waals surface area contributed by atoms with E-state index in [1.807, 2.05) is 0 Å². The molecule has 0 saturated heterocycles. The summed E-state index contributed by atoms with van der Waals surface area (Å²) in [6.45, 7) is -2.10. The van der Waals surface area contributed by atoms with Gasteiger partial charge in [-0.3, -0.25) is 9.59 Å². The first-order chi connectivity index (χ1) is 12.8. The summed E-state index contributed by atoms with van der Waals surface area (Å²) < 4.78 is 0. The number of amides is 2. The Morgan fingerprint density at radius 1 is 0.714 bits per heavy atom. The van der Waals surface area contributed by atoms with Gasteiger partial charge >= 0.3 is 0 Å². The molecule has 0 aromatic carbocycles. The van der Waals surface area contributed by atoms with Gasteiger partial charge in [0.1, 0.15) is 36.6 Å². The van der Waals surface area contributed by atoms with E-state index in [0.717, 1.165) is 0 Å². The summed E-state index contributed by atoms with van der Waals surface area (Å²) in [5, 5.41) is 92.8. The van der Waals surface area contributed by atoms with Crippen LogP contribution in [0.25, 0.3) is 0 Å². The van der Waals surface area contributed by atoms with Gasteiger partial charge in [0, 0.05) is 0 Å². The Labute approximate surface area is 163 Å². The van der Waals surface area contributed by atoms with E-state index in [9.17, 15) is 50.4 Å². The van der Waals surface area contributed by atoms with Crippen molar-refractivity contribution < 1.29 is 60.7 Å². The Morgan fingerprint density at radius 2 is 1.00 bits per heavy atom. The zero-order chi connectivity index (χ0) is 22.3. The van der Waals surface area contributed by atoms with Gasteiger partial charge in [-0.25, -0.2) is 4.90 Å². The van der Waals surface area contributed by atoms with Crippen molar-refractivity contribution in [2.45, 2.75) is 48.8 Å². The number of aliphatic hydroxyl groups excluding tert-OH is 10. The van der Waals surface area contributed by atoms with Crippen LogP contribution in [0.4, 0.5) is 0 Å². The lowest BCUT2D eigenvalue weighted by Gasteiger charge is -2.31. The van der Waals surface area contributed by atoms with Crippen LogP contribution >= 0.6 is 12.2 Å². The quantitative estimate of drug-likeness (QED) is 0.143. The van der Waals surface area contributed by atoms with E-state index in [-0.39, 0.29) is 4.90 Å². The van der Waals surface area contributed by atoms with Gasteiger partial charge in [0.15, 0.2) is 17.3 Å². The predicted molar refractivity (Wildman–Crippen MR) is 90.9 cm³/mol. The molecule has 0 unspecified atom stereocenters. The van der Waals surface area contributed by atoms with Gasteiger partial charge in [0.25, 0.3) is 11.8 Å². The minimum absolute atomic E-state index is 0.257. The summed E-state index contributed by atoms with van der Waals surface area (Å²) in [4.78, 5) is 24.1. The molecular weight excluding hydrogens is 408 g/mol. The zero-order valence-corrected chi connectivity index (χ0v) is 15.1. The highest BCUT2D eigenvalue weighted by Gasteiger charge is 2.43. The summed E-state index contributed by atoms with van der Waals surface area (Å²) in [5.41, 5.74) is 5.17. The van der Waals surface area contributed by atoms with Crippen molar-refractivity contribution in [3.63, 3.8) is 0 Å². The zero-order valence-electron chi connectivity index (χ0n) is 14.3. The molecule has 2 amide bonds. The average molecular weight is 432 g/mol. The Morgan fingerprint density at radius 3 is 1.21 bits per heavy atom. The van der Waals surface area contributed by atoms with Crippen LogP contribution in [0, 0.1) is 0 Å².